The Hall–Kier alpha value is 0.428. The van der Waals surface area contributed by atoms with Gasteiger partial charge in [0.05, 0.1) is 0 Å². The maximum atomic E-state index is 11.1. The van der Waals surface area contributed by atoms with Gasteiger partial charge in [-0.05, 0) is 77.0 Å². The Morgan fingerprint density at radius 1 is 0.517 bits per heavy atom. The van der Waals surface area contributed by atoms with E-state index in [4.69, 9.17) is 35.3 Å². The van der Waals surface area contributed by atoms with Crippen molar-refractivity contribution in [3.63, 3.8) is 0 Å². The average Bonchev–Trinajstić information content (AvgIpc) is 2.60. The Balaban J connectivity index is 5.56. The molecule has 12 N–H and O–H groups in total. The number of rotatable bonds is 18. The first-order valence-electron chi connectivity index (χ1n) is 10.2. The topological polar surface area (TPSA) is 213 Å². The van der Waals surface area contributed by atoms with Gasteiger partial charge >= 0.3 is 34.7 Å². The quantitative estimate of drug-likeness (QED) is 0.103. The smallest absolute Gasteiger partial charge is 0.411 e. The van der Waals surface area contributed by atoms with E-state index < -0.39 is 34.7 Å². The molecule has 0 bridgehead atoms. The summed E-state index contributed by atoms with van der Waals surface area (Å²) >= 11 is 0. The van der Waals surface area contributed by atoms with Crippen molar-refractivity contribution in [1.82, 2.24) is 0 Å². The molecule has 0 aromatic rings. The van der Waals surface area contributed by atoms with Gasteiger partial charge in [-0.15, -0.1) is 0 Å². The lowest BCUT2D eigenvalue weighted by atomic mass is 10.5. The first kappa shape index (κ1) is 29.4. The molecule has 0 aromatic carbocycles. The van der Waals surface area contributed by atoms with E-state index in [1.165, 1.54) is 0 Å². The molecule has 0 saturated carbocycles. The second-order valence-corrected chi connectivity index (χ2v) is 19.7. The summed E-state index contributed by atoms with van der Waals surface area (Å²) in [5, 5.41) is 0. The largest absolute Gasteiger partial charge is 0.482 e. The summed E-state index contributed by atoms with van der Waals surface area (Å²) in [5.41, 5.74) is 22.1. The van der Waals surface area contributed by atoms with E-state index in [-0.39, 0.29) is 25.2 Å². The standard InChI is InChI=1S/C14H42N4O7Si4/c1-26(19,11-3-7-15)23-28(21,13-5-9-17)25-29(22,14-6-10-18)24-27(2,20)12-4-8-16/h19-22H,3-18H2,1-2H3. The fourth-order valence-electron chi connectivity index (χ4n) is 2.80. The molecule has 0 aromatic heterocycles. The van der Waals surface area contributed by atoms with Crippen LogP contribution in [0.25, 0.3) is 0 Å². The Morgan fingerprint density at radius 3 is 1.07 bits per heavy atom. The molecule has 0 aliphatic heterocycles. The molecule has 0 fully saturated rings. The molecule has 4 atom stereocenters. The van der Waals surface area contributed by atoms with Crippen molar-refractivity contribution in [2.75, 3.05) is 26.2 Å². The van der Waals surface area contributed by atoms with E-state index in [2.05, 4.69) is 0 Å². The number of nitrogens with two attached hydrogens (primary N) is 4. The molecular formula is C14H42N4O7Si4. The second kappa shape index (κ2) is 13.8. The summed E-state index contributed by atoms with van der Waals surface area (Å²) in [5.74, 6) is 0. The van der Waals surface area contributed by atoms with Crippen LogP contribution in [-0.2, 0) is 12.3 Å². The van der Waals surface area contributed by atoms with Crippen molar-refractivity contribution >= 4 is 34.7 Å². The van der Waals surface area contributed by atoms with Gasteiger partial charge in [-0.3, -0.25) is 0 Å². The summed E-state index contributed by atoms with van der Waals surface area (Å²) < 4.78 is 17.2. The van der Waals surface area contributed by atoms with Gasteiger partial charge in [-0.1, -0.05) is 0 Å². The molecule has 0 saturated heterocycles. The van der Waals surface area contributed by atoms with Gasteiger partial charge in [0.25, 0.3) is 0 Å². The van der Waals surface area contributed by atoms with Gasteiger partial charge in [0.2, 0.25) is 0 Å². The van der Waals surface area contributed by atoms with Crippen LogP contribution in [0.4, 0.5) is 0 Å². The minimum atomic E-state index is -4.05. The molecule has 0 spiro atoms. The Bertz CT molecular complexity index is 418. The predicted octanol–water partition coefficient (Wildman–Crippen LogP) is -1.58. The molecule has 11 nitrogen and oxygen atoms in total. The normalized spacial score (nSPS) is 20.5. The summed E-state index contributed by atoms with van der Waals surface area (Å²) in [6.45, 7) is 4.40. The van der Waals surface area contributed by atoms with Crippen molar-refractivity contribution in [2.45, 2.75) is 63.0 Å². The summed E-state index contributed by atoms with van der Waals surface area (Å²) in [7, 11) is -14.7. The van der Waals surface area contributed by atoms with Crippen LogP contribution in [0.3, 0.4) is 0 Å². The Labute approximate surface area is 178 Å². The van der Waals surface area contributed by atoms with Crippen LogP contribution < -0.4 is 22.9 Å². The second-order valence-electron chi connectivity index (χ2n) is 7.65. The van der Waals surface area contributed by atoms with Gasteiger partial charge in [0.1, 0.15) is 0 Å². The molecule has 0 heterocycles. The highest BCUT2D eigenvalue weighted by molar-refractivity contribution is 6.84. The van der Waals surface area contributed by atoms with Crippen molar-refractivity contribution < 1.29 is 31.5 Å². The first-order chi connectivity index (χ1) is 13.4. The Kier molecular flexibility index (Phi) is 14.0. The predicted molar refractivity (Wildman–Crippen MR) is 121 cm³/mol. The van der Waals surface area contributed by atoms with Crippen molar-refractivity contribution in [3.8, 4) is 0 Å². The van der Waals surface area contributed by atoms with E-state index in [1.54, 1.807) is 13.1 Å². The van der Waals surface area contributed by atoms with Gasteiger partial charge in [0.15, 0.2) is 0 Å². The van der Waals surface area contributed by atoms with Crippen LogP contribution >= 0.6 is 0 Å². The van der Waals surface area contributed by atoms with Crippen LogP contribution in [-0.4, -0.2) is 80.1 Å². The molecule has 15 heteroatoms. The Morgan fingerprint density at radius 2 is 0.793 bits per heavy atom. The highest BCUT2D eigenvalue weighted by atomic mass is 28.5. The van der Waals surface area contributed by atoms with Crippen molar-refractivity contribution in [1.29, 1.82) is 0 Å². The van der Waals surface area contributed by atoms with Crippen LogP contribution in [0.1, 0.15) is 25.7 Å². The zero-order valence-electron chi connectivity index (χ0n) is 17.8. The molecule has 0 aliphatic rings. The molecule has 29 heavy (non-hydrogen) atoms. The van der Waals surface area contributed by atoms with Crippen molar-refractivity contribution in [3.05, 3.63) is 0 Å². The van der Waals surface area contributed by atoms with Crippen molar-refractivity contribution in [2.24, 2.45) is 22.9 Å². The van der Waals surface area contributed by atoms with Gasteiger partial charge in [-0.25, -0.2) is 0 Å². The maximum absolute atomic E-state index is 11.1. The van der Waals surface area contributed by atoms with E-state index in [9.17, 15) is 19.2 Å². The fraction of sp³-hybridized carbons (Fsp3) is 1.00. The highest BCUT2D eigenvalue weighted by Crippen LogP contribution is 2.28. The van der Waals surface area contributed by atoms with E-state index in [1.807, 2.05) is 0 Å². The zero-order valence-corrected chi connectivity index (χ0v) is 21.8. The minimum Gasteiger partial charge on any atom is -0.411 e. The lowest BCUT2D eigenvalue weighted by Gasteiger charge is -2.39. The third-order valence-electron chi connectivity index (χ3n) is 4.16. The molecule has 176 valence electrons. The number of hydrogen-bond acceptors (Lipinski definition) is 11. The summed E-state index contributed by atoms with van der Waals surface area (Å²) in [4.78, 5) is 43.6. The third kappa shape index (κ3) is 13.4. The lowest BCUT2D eigenvalue weighted by molar-refractivity contribution is 0.141. The van der Waals surface area contributed by atoms with E-state index in [0.29, 0.717) is 50.9 Å². The molecule has 0 radical (unpaired) electrons. The molecule has 0 amide bonds. The third-order valence-corrected chi connectivity index (χ3v) is 17.3. The van der Waals surface area contributed by atoms with Crippen LogP contribution in [0.15, 0.2) is 0 Å². The van der Waals surface area contributed by atoms with E-state index >= 15 is 0 Å². The van der Waals surface area contributed by atoms with Crippen LogP contribution in [0.2, 0.25) is 37.3 Å². The molecular weight excluding hydrogens is 449 g/mol. The zero-order chi connectivity index (χ0) is 22.6. The first-order valence-corrected chi connectivity index (χ1v) is 19.2. The monoisotopic (exact) mass is 490 g/mol. The maximum Gasteiger partial charge on any atom is 0.482 e. The number of hydrogen-bond donors (Lipinski definition) is 8. The lowest BCUT2D eigenvalue weighted by Crippen LogP contribution is -2.63. The SMILES string of the molecule is C[Si](O)(CCCN)O[Si](O)(CCCN)O[Si](O)(CCCN)O[Si](C)(O)CCCN. The van der Waals surface area contributed by atoms with Gasteiger partial charge in [-0.2, -0.15) is 0 Å². The van der Waals surface area contributed by atoms with Gasteiger partial charge < -0.3 is 54.5 Å². The van der Waals surface area contributed by atoms with Crippen LogP contribution in [0.5, 0.6) is 0 Å². The van der Waals surface area contributed by atoms with E-state index in [0.717, 1.165) is 0 Å². The molecule has 0 rings (SSSR count). The fourth-order valence-corrected chi connectivity index (χ4v) is 16.8. The highest BCUT2D eigenvalue weighted by Gasteiger charge is 2.54. The van der Waals surface area contributed by atoms with Gasteiger partial charge in [0, 0.05) is 12.1 Å². The van der Waals surface area contributed by atoms with Crippen LogP contribution in [0, 0.1) is 0 Å². The average molecular weight is 491 g/mol. The summed E-state index contributed by atoms with van der Waals surface area (Å²) in [6.07, 6.45) is 1.83. The molecule has 4 unspecified atom stereocenters. The summed E-state index contributed by atoms with van der Waals surface area (Å²) in [6, 6.07) is 0.751. The minimum absolute atomic E-state index is 0.0586. The molecule has 0 aliphatic carbocycles.